The van der Waals surface area contributed by atoms with Crippen LogP contribution in [0.25, 0.3) is 10.9 Å². The van der Waals surface area contributed by atoms with E-state index in [1.165, 1.54) is 0 Å². The van der Waals surface area contributed by atoms with Gasteiger partial charge in [-0.1, -0.05) is 41.4 Å². The molecule has 1 atom stereocenters. The highest BCUT2D eigenvalue weighted by Crippen LogP contribution is 2.25. The fraction of sp³-hybridized carbons (Fsp3) is 0.250. The first-order chi connectivity index (χ1) is 12.5. The highest BCUT2D eigenvalue weighted by molar-refractivity contribution is 6.31. The lowest BCUT2D eigenvalue weighted by Gasteiger charge is -2.21. The Labute approximate surface area is 163 Å². The number of nitrogens with zero attached hydrogens (tertiary/aromatic N) is 2. The summed E-state index contributed by atoms with van der Waals surface area (Å²) in [5.41, 5.74) is 2.97. The summed E-state index contributed by atoms with van der Waals surface area (Å²) in [6.07, 6.45) is 2.69. The fourth-order valence-corrected chi connectivity index (χ4v) is 3.23. The highest BCUT2D eigenvalue weighted by atomic mass is 35.5. The maximum atomic E-state index is 6.20. The molecule has 0 saturated heterocycles. The van der Waals surface area contributed by atoms with Gasteiger partial charge in [-0.05, 0) is 49.2 Å². The summed E-state index contributed by atoms with van der Waals surface area (Å²) in [4.78, 5) is 4.37. The third kappa shape index (κ3) is 4.86. The molecular formula is C20H22Cl2N4. The van der Waals surface area contributed by atoms with E-state index in [9.17, 15) is 0 Å². The second-order valence-corrected chi connectivity index (χ2v) is 7.26. The number of anilines is 1. The van der Waals surface area contributed by atoms with Crippen LogP contribution in [0, 0.1) is 0 Å². The van der Waals surface area contributed by atoms with Gasteiger partial charge in [-0.3, -0.25) is 10.8 Å². The van der Waals surface area contributed by atoms with Gasteiger partial charge in [-0.15, -0.1) is 0 Å². The van der Waals surface area contributed by atoms with E-state index in [4.69, 9.17) is 29.0 Å². The minimum atomic E-state index is 0.258. The Hall–Kier alpha value is -1.85. The number of rotatable bonds is 7. The van der Waals surface area contributed by atoms with Gasteiger partial charge in [0, 0.05) is 46.4 Å². The van der Waals surface area contributed by atoms with Gasteiger partial charge in [-0.25, -0.2) is 5.01 Å². The molecule has 3 rings (SSSR count). The average molecular weight is 389 g/mol. The Morgan fingerprint density at radius 1 is 1.15 bits per heavy atom. The summed E-state index contributed by atoms with van der Waals surface area (Å²) in [6.45, 7) is 3.53. The Bertz CT molecular complexity index is 885. The van der Waals surface area contributed by atoms with E-state index < -0.39 is 0 Å². The van der Waals surface area contributed by atoms with Crippen LogP contribution >= 0.6 is 23.2 Å². The summed E-state index contributed by atoms with van der Waals surface area (Å²) >= 11 is 12.2. The first-order valence-corrected chi connectivity index (χ1v) is 9.32. The summed E-state index contributed by atoms with van der Waals surface area (Å²) in [5.74, 6) is 6.15. The first-order valence-electron chi connectivity index (χ1n) is 8.57. The molecule has 0 bridgehead atoms. The van der Waals surface area contributed by atoms with E-state index in [1.54, 1.807) is 11.2 Å². The molecule has 0 aliphatic heterocycles. The zero-order chi connectivity index (χ0) is 18.5. The van der Waals surface area contributed by atoms with Gasteiger partial charge >= 0.3 is 0 Å². The van der Waals surface area contributed by atoms with Crippen LogP contribution in [0.1, 0.15) is 18.9 Å². The van der Waals surface area contributed by atoms with Gasteiger partial charge < -0.3 is 5.32 Å². The zero-order valence-electron chi connectivity index (χ0n) is 14.6. The molecule has 136 valence electrons. The predicted molar refractivity (Wildman–Crippen MR) is 111 cm³/mol. The monoisotopic (exact) mass is 388 g/mol. The maximum absolute atomic E-state index is 6.20. The van der Waals surface area contributed by atoms with Gasteiger partial charge in [-0.2, -0.15) is 0 Å². The van der Waals surface area contributed by atoms with Gasteiger partial charge in [0.15, 0.2) is 0 Å². The number of fused-ring (bicyclic) bond motifs is 1. The second-order valence-electron chi connectivity index (χ2n) is 6.42. The number of nitrogens with one attached hydrogen (secondary N) is 1. The quantitative estimate of drug-likeness (QED) is 0.436. The second kappa shape index (κ2) is 8.69. The van der Waals surface area contributed by atoms with Crippen molar-refractivity contribution in [3.63, 3.8) is 0 Å². The van der Waals surface area contributed by atoms with Crippen molar-refractivity contribution >= 4 is 39.8 Å². The van der Waals surface area contributed by atoms with Crippen LogP contribution in [0.2, 0.25) is 10.0 Å². The first kappa shape index (κ1) is 18.9. The maximum Gasteiger partial charge on any atom is 0.0737 e. The van der Waals surface area contributed by atoms with Crippen LogP contribution in [0.4, 0.5) is 5.69 Å². The molecule has 0 amide bonds. The summed E-state index contributed by atoms with van der Waals surface area (Å²) < 4.78 is 0. The van der Waals surface area contributed by atoms with Crippen molar-refractivity contribution in [3.8, 4) is 0 Å². The predicted octanol–water partition coefficient (Wildman–Crippen LogP) is 5.11. The molecule has 4 nitrogen and oxygen atoms in total. The van der Waals surface area contributed by atoms with Gasteiger partial charge in [0.25, 0.3) is 0 Å². The molecule has 6 heteroatoms. The van der Waals surface area contributed by atoms with Crippen molar-refractivity contribution in [2.24, 2.45) is 5.84 Å². The van der Waals surface area contributed by atoms with Crippen molar-refractivity contribution in [1.82, 2.24) is 9.99 Å². The van der Waals surface area contributed by atoms with Crippen LogP contribution in [0.15, 0.2) is 54.7 Å². The Balaban J connectivity index is 1.57. The average Bonchev–Trinajstić information content (AvgIpc) is 2.62. The Morgan fingerprint density at radius 3 is 2.77 bits per heavy atom. The molecule has 0 fully saturated rings. The van der Waals surface area contributed by atoms with E-state index in [0.717, 1.165) is 40.1 Å². The largest absolute Gasteiger partial charge is 0.382 e. The molecule has 3 aromatic rings. The lowest BCUT2D eigenvalue weighted by molar-refractivity contribution is 0.267. The molecule has 0 aliphatic carbocycles. The topological polar surface area (TPSA) is 54.2 Å². The summed E-state index contributed by atoms with van der Waals surface area (Å²) in [6, 6.07) is 15.8. The van der Waals surface area contributed by atoms with Crippen LogP contribution in [0.5, 0.6) is 0 Å². The minimum Gasteiger partial charge on any atom is -0.382 e. The van der Waals surface area contributed by atoms with E-state index in [2.05, 4.69) is 17.2 Å². The molecule has 26 heavy (non-hydrogen) atoms. The third-order valence-electron chi connectivity index (χ3n) is 4.29. The summed E-state index contributed by atoms with van der Waals surface area (Å²) in [5, 5.41) is 7.83. The number of hydrazine groups is 1. The Kier molecular flexibility index (Phi) is 6.33. The van der Waals surface area contributed by atoms with E-state index >= 15 is 0 Å². The van der Waals surface area contributed by atoms with E-state index in [1.807, 2.05) is 48.5 Å². The number of benzene rings is 2. The molecule has 1 heterocycles. The fourth-order valence-electron chi connectivity index (χ4n) is 2.87. The molecule has 0 saturated carbocycles. The Morgan fingerprint density at radius 2 is 1.96 bits per heavy atom. The van der Waals surface area contributed by atoms with E-state index in [0.29, 0.717) is 11.6 Å². The van der Waals surface area contributed by atoms with Crippen molar-refractivity contribution in [2.75, 3.05) is 11.9 Å². The molecular weight excluding hydrogens is 367 g/mol. The molecule has 2 aromatic carbocycles. The number of nitrogens with two attached hydrogens (primary N) is 1. The molecule has 3 N–H and O–H groups in total. The normalized spacial score (nSPS) is 12.5. The molecule has 0 aliphatic rings. The lowest BCUT2D eigenvalue weighted by Crippen LogP contribution is -2.34. The summed E-state index contributed by atoms with van der Waals surface area (Å²) in [7, 11) is 0. The van der Waals surface area contributed by atoms with Crippen molar-refractivity contribution < 1.29 is 0 Å². The third-order valence-corrected chi connectivity index (χ3v) is 4.89. The lowest BCUT2D eigenvalue weighted by atomic mass is 10.1. The number of aromatic nitrogens is 1. The minimum absolute atomic E-state index is 0.258. The number of pyridine rings is 1. The van der Waals surface area contributed by atoms with Crippen molar-refractivity contribution in [3.05, 3.63) is 70.3 Å². The van der Waals surface area contributed by atoms with Crippen molar-refractivity contribution in [1.29, 1.82) is 0 Å². The van der Waals surface area contributed by atoms with Gasteiger partial charge in [0.2, 0.25) is 0 Å². The molecule has 0 radical (unpaired) electrons. The molecule has 1 aromatic heterocycles. The van der Waals surface area contributed by atoms with Crippen LogP contribution < -0.4 is 11.2 Å². The number of hydrogen-bond acceptors (Lipinski definition) is 4. The van der Waals surface area contributed by atoms with E-state index in [-0.39, 0.29) is 6.04 Å². The smallest absolute Gasteiger partial charge is 0.0737 e. The van der Waals surface area contributed by atoms with Crippen LogP contribution in [-0.4, -0.2) is 22.6 Å². The number of hydrogen-bond donors (Lipinski definition) is 2. The molecule has 0 spiro atoms. The SMILES string of the molecule is CC(CCN(N)Cc1ccccc1Cl)Nc1ccnc2cc(Cl)ccc12. The zero-order valence-corrected chi connectivity index (χ0v) is 16.1. The van der Waals surface area contributed by atoms with Crippen molar-refractivity contribution in [2.45, 2.75) is 25.9 Å². The van der Waals surface area contributed by atoms with Gasteiger partial charge in [0.05, 0.1) is 5.52 Å². The van der Waals surface area contributed by atoms with Gasteiger partial charge in [0.1, 0.15) is 0 Å². The number of halogens is 2. The standard InChI is InChI=1S/C20H22Cl2N4/c1-14(9-11-26(23)13-15-4-2-3-5-18(15)22)25-19-8-10-24-20-12-16(21)6-7-17(19)20/h2-8,10,12,14H,9,11,13,23H2,1H3,(H,24,25). The molecule has 1 unspecified atom stereocenters. The highest BCUT2D eigenvalue weighted by Gasteiger charge is 2.09. The van der Waals surface area contributed by atoms with Crippen LogP contribution in [0.3, 0.4) is 0 Å². The van der Waals surface area contributed by atoms with Crippen LogP contribution in [-0.2, 0) is 6.54 Å².